The van der Waals surface area contributed by atoms with Crippen LogP contribution < -0.4 is 0 Å². The van der Waals surface area contributed by atoms with Gasteiger partial charge in [0.1, 0.15) is 5.82 Å². The first-order chi connectivity index (χ1) is 18.9. The lowest BCUT2D eigenvalue weighted by Gasteiger charge is -2.00. The van der Waals surface area contributed by atoms with Crippen LogP contribution in [0.5, 0.6) is 0 Å². The zero-order chi connectivity index (χ0) is 27.8. The number of imidazole rings is 1. The molecule has 8 heteroatoms. The number of nitrogens with one attached hydrogen (secondary N) is 1. The molecule has 0 amide bonds. The molecule has 196 valence electrons. The molecule has 3 aromatic carbocycles. The molecule has 0 aliphatic carbocycles. The van der Waals surface area contributed by atoms with Crippen LogP contribution in [0.15, 0.2) is 72.8 Å². The zero-order valence-electron chi connectivity index (χ0n) is 21.6. The average Bonchev–Trinajstić information content (AvgIpc) is 3.41. The average molecular weight is 523 g/mol. The largest absolute Gasteiger partial charge is 0.465 e. The summed E-state index contributed by atoms with van der Waals surface area (Å²) in [6, 6.07) is 21.0. The fourth-order valence-electron chi connectivity index (χ4n) is 3.72. The van der Waals surface area contributed by atoms with Crippen molar-refractivity contribution >= 4 is 42.2 Å². The van der Waals surface area contributed by atoms with Gasteiger partial charge in [-0.1, -0.05) is 48.6 Å². The van der Waals surface area contributed by atoms with Gasteiger partial charge in [-0.25, -0.2) is 19.4 Å². The topological polar surface area (TPSA) is 108 Å². The third-order valence-corrected chi connectivity index (χ3v) is 5.88. The molecule has 0 saturated carbocycles. The van der Waals surface area contributed by atoms with Crippen molar-refractivity contribution in [2.24, 2.45) is 0 Å². The zero-order valence-corrected chi connectivity index (χ0v) is 21.6. The third-order valence-electron chi connectivity index (χ3n) is 5.88. The van der Waals surface area contributed by atoms with Crippen LogP contribution in [-0.2, 0) is 14.2 Å². The van der Waals surface area contributed by atoms with Crippen molar-refractivity contribution in [3.63, 3.8) is 0 Å². The number of esters is 3. The fourth-order valence-corrected chi connectivity index (χ4v) is 3.72. The van der Waals surface area contributed by atoms with Gasteiger partial charge >= 0.3 is 17.9 Å². The van der Waals surface area contributed by atoms with Crippen LogP contribution in [-0.4, -0.2) is 49.2 Å². The molecule has 1 heterocycles. The predicted octanol–water partition coefficient (Wildman–Crippen LogP) is 5.78. The number of hydrogen-bond donors (Lipinski definition) is 1. The number of rotatable bonds is 8. The molecular weight excluding hydrogens is 496 g/mol. The van der Waals surface area contributed by atoms with E-state index in [0.717, 1.165) is 22.4 Å². The smallest absolute Gasteiger partial charge is 0.337 e. The molecule has 0 radical (unpaired) electrons. The van der Waals surface area contributed by atoms with Crippen LogP contribution in [0, 0.1) is 0 Å². The van der Waals surface area contributed by atoms with Crippen LogP contribution in [0.2, 0.25) is 0 Å². The summed E-state index contributed by atoms with van der Waals surface area (Å²) >= 11 is 0. The van der Waals surface area contributed by atoms with E-state index in [-0.39, 0.29) is 0 Å². The molecule has 0 unspecified atom stereocenters. The highest BCUT2D eigenvalue weighted by Gasteiger charge is 2.11. The number of carbonyl (C=O) groups is 3. The molecule has 1 aromatic heterocycles. The first-order valence-corrected chi connectivity index (χ1v) is 11.9. The van der Waals surface area contributed by atoms with E-state index in [9.17, 15) is 14.4 Å². The van der Waals surface area contributed by atoms with Crippen molar-refractivity contribution in [2.45, 2.75) is 0 Å². The number of H-pyrrole nitrogens is 1. The molecule has 0 atom stereocenters. The van der Waals surface area contributed by atoms with Crippen LogP contribution in [0.3, 0.4) is 0 Å². The Kier molecular flexibility index (Phi) is 8.48. The summed E-state index contributed by atoms with van der Waals surface area (Å²) in [7, 11) is 4.03. The molecule has 0 aliphatic rings. The first kappa shape index (κ1) is 26.8. The van der Waals surface area contributed by atoms with Gasteiger partial charge < -0.3 is 19.2 Å². The Bertz CT molecular complexity index is 1440. The lowest BCUT2D eigenvalue weighted by atomic mass is 10.1. The summed E-state index contributed by atoms with van der Waals surface area (Å²) < 4.78 is 14.3. The van der Waals surface area contributed by atoms with E-state index in [0.29, 0.717) is 28.2 Å². The lowest BCUT2D eigenvalue weighted by Crippen LogP contribution is -2.00. The van der Waals surface area contributed by atoms with Gasteiger partial charge in [-0.05, 0) is 59.7 Å². The molecule has 4 rings (SSSR count). The summed E-state index contributed by atoms with van der Waals surface area (Å²) in [6.07, 6.45) is 7.56. The second-order valence-corrected chi connectivity index (χ2v) is 8.35. The lowest BCUT2D eigenvalue weighted by molar-refractivity contribution is 0.0592. The predicted molar refractivity (Wildman–Crippen MR) is 149 cm³/mol. The molecule has 1 N–H and O–H groups in total. The Hall–Kier alpha value is -5.24. The number of hydrogen-bond acceptors (Lipinski definition) is 7. The van der Waals surface area contributed by atoms with Gasteiger partial charge in [0.2, 0.25) is 0 Å². The highest BCUT2D eigenvalue weighted by Crippen LogP contribution is 2.23. The van der Waals surface area contributed by atoms with E-state index in [1.165, 1.54) is 21.3 Å². The van der Waals surface area contributed by atoms with E-state index in [1.54, 1.807) is 48.5 Å². The maximum Gasteiger partial charge on any atom is 0.337 e. The van der Waals surface area contributed by atoms with Crippen molar-refractivity contribution in [1.82, 2.24) is 9.97 Å². The van der Waals surface area contributed by atoms with Crippen molar-refractivity contribution in [1.29, 1.82) is 0 Å². The second kappa shape index (κ2) is 12.3. The van der Waals surface area contributed by atoms with Gasteiger partial charge in [0.05, 0.1) is 49.4 Å². The fraction of sp³-hybridized carbons (Fsp3) is 0.0968. The number of nitrogens with zero attached hydrogens (tertiary/aromatic N) is 1. The van der Waals surface area contributed by atoms with E-state index < -0.39 is 17.9 Å². The van der Waals surface area contributed by atoms with Gasteiger partial charge in [-0.2, -0.15) is 0 Å². The van der Waals surface area contributed by atoms with Gasteiger partial charge in [-0.15, -0.1) is 0 Å². The summed E-state index contributed by atoms with van der Waals surface area (Å²) in [4.78, 5) is 43.3. The quantitative estimate of drug-likeness (QED) is 0.231. The molecule has 0 saturated heterocycles. The van der Waals surface area contributed by atoms with Gasteiger partial charge in [0.25, 0.3) is 0 Å². The maximum atomic E-state index is 11.8. The first-order valence-electron chi connectivity index (χ1n) is 11.9. The highest BCUT2D eigenvalue weighted by molar-refractivity contribution is 5.91. The number of aromatic amines is 1. The van der Waals surface area contributed by atoms with Crippen LogP contribution >= 0.6 is 0 Å². The minimum Gasteiger partial charge on any atom is -0.465 e. The summed E-state index contributed by atoms with van der Waals surface area (Å²) in [5.41, 5.74) is 5.37. The van der Waals surface area contributed by atoms with E-state index in [2.05, 4.69) is 4.98 Å². The normalized spacial score (nSPS) is 11.1. The van der Waals surface area contributed by atoms with Crippen LogP contribution in [0.4, 0.5) is 0 Å². The molecule has 0 fully saturated rings. The van der Waals surface area contributed by atoms with Crippen LogP contribution in [0.1, 0.15) is 53.6 Å². The molecule has 39 heavy (non-hydrogen) atoms. The second-order valence-electron chi connectivity index (χ2n) is 8.35. The number of methoxy groups -OCH3 is 3. The van der Waals surface area contributed by atoms with Gasteiger partial charge in [0.15, 0.2) is 0 Å². The standard InChI is InChI=1S/C31H26N2O6/c1-37-29(34)23-10-4-20(5-11-23)8-18-26-27(19-9-21-6-12-24(13-7-21)30(35)38-2)33-28(32-26)22-14-16-25(17-15-22)31(36)39-3/h4-19H,1-3H3,(H,32,33)/b18-8+,19-9+. The minimum atomic E-state index is -0.412. The number of ether oxygens (including phenoxy) is 3. The summed E-state index contributed by atoms with van der Waals surface area (Å²) in [5, 5.41) is 0. The van der Waals surface area contributed by atoms with Gasteiger partial charge in [-0.3, -0.25) is 0 Å². The number of carbonyl (C=O) groups excluding carboxylic acids is 3. The van der Waals surface area contributed by atoms with Crippen LogP contribution in [0.25, 0.3) is 35.7 Å². The maximum absolute atomic E-state index is 11.8. The molecule has 4 aromatic rings. The minimum absolute atomic E-state index is 0.394. The Morgan fingerprint density at radius 1 is 0.590 bits per heavy atom. The van der Waals surface area contributed by atoms with Crippen molar-refractivity contribution in [3.05, 3.63) is 112 Å². The van der Waals surface area contributed by atoms with Crippen molar-refractivity contribution in [3.8, 4) is 11.4 Å². The van der Waals surface area contributed by atoms with Crippen molar-refractivity contribution < 1.29 is 28.6 Å². The third kappa shape index (κ3) is 6.56. The highest BCUT2D eigenvalue weighted by atomic mass is 16.5. The van der Waals surface area contributed by atoms with Crippen molar-refractivity contribution in [2.75, 3.05) is 21.3 Å². The van der Waals surface area contributed by atoms with E-state index in [4.69, 9.17) is 19.2 Å². The molecular formula is C31H26N2O6. The number of benzene rings is 3. The monoisotopic (exact) mass is 522 g/mol. The Balaban J connectivity index is 1.65. The SMILES string of the molecule is COC(=O)c1ccc(/C=C/c2nc(-c3ccc(C(=O)OC)cc3)[nH]c2/C=C/c2ccc(C(=O)OC)cc2)cc1. The number of aromatic nitrogens is 2. The molecule has 0 spiro atoms. The summed E-state index contributed by atoms with van der Waals surface area (Å²) in [6.45, 7) is 0. The van der Waals surface area contributed by atoms with E-state index >= 15 is 0 Å². The molecule has 8 nitrogen and oxygen atoms in total. The summed E-state index contributed by atoms with van der Waals surface area (Å²) in [5.74, 6) is -0.584. The Labute approximate surface area is 225 Å². The van der Waals surface area contributed by atoms with E-state index in [1.807, 2.05) is 48.6 Å². The van der Waals surface area contributed by atoms with Gasteiger partial charge in [0, 0.05) is 5.56 Å². The molecule has 0 bridgehead atoms. The Morgan fingerprint density at radius 2 is 1.00 bits per heavy atom. The Morgan fingerprint density at radius 3 is 1.44 bits per heavy atom. The molecule has 0 aliphatic heterocycles.